The molecule has 0 bridgehead atoms. The van der Waals surface area contributed by atoms with Crippen LogP contribution in [0.5, 0.6) is 5.75 Å². The van der Waals surface area contributed by atoms with Gasteiger partial charge in [0.05, 0.1) is 7.11 Å². The summed E-state index contributed by atoms with van der Waals surface area (Å²) in [6, 6.07) is 4.88. The van der Waals surface area contributed by atoms with Crippen molar-refractivity contribution in [1.29, 1.82) is 0 Å². The van der Waals surface area contributed by atoms with Gasteiger partial charge in [0, 0.05) is 28.6 Å². The van der Waals surface area contributed by atoms with Crippen LogP contribution in [-0.2, 0) is 0 Å². The quantitative estimate of drug-likeness (QED) is 0.918. The zero-order valence-corrected chi connectivity index (χ0v) is 11.3. The Hall–Kier alpha value is -0.390. The smallest absolute Gasteiger partial charge is 0.165 e. The predicted octanol–water partition coefficient (Wildman–Crippen LogP) is 2.68. The number of benzene rings is 1. The van der Waals surface area contributed by atoms with Crippen molar-refractivity contribution in [1.82, 2.24) is 0 Å². The zero-order chi connectivity index (χ0) is 12.3. The third-order valence-corrected chi connectivity index (χ3v) is 5.69. The number of methoxy groups -OCH3 is 1. The molecule has 94 valence electrons. The van der Waals surface area contributed by atoms with Gasteiger partial charge in [-0.1, -0.05) is 6.07 Å². The normalized spacial score (nSPS) is 22.2. The molecule has 2 nitrogen and oxygen atoms in total. The Morgan fingerprint density at radius 1 is 1.47 bits per heavy atom. The molecule has 0 aliphatic carbocycles. The van der Waals surface area contributed by atoms with E-state index in [4.69, 9.17) is 10.5 Å². The first-order valence-electron chi connectivity index (χ1n) is 5.50. The van der Waals surface area contributed by atoms with Crippen molar-refractivity contribution in [3.05, 3.63) is 29.6 Å². The van der Waals surface area contributed by atoms with Gasteiger partial charge >= 0.3 is 0 Å². The van der Waals surface area contributed by atoms with E-state index in [-0.39, 0.29) is 17.6 Å². The van der Waals surface area contributed by atoms with Crippen LogP contribution < -0.4 is 10.5 Å². The second kappa shape index (κ2) is 5.98. The summed E-state index contributed by atoms with van der Waals surface area (Å²) in [7, 11) is 1.46. The van der Waals surface area contributed by atoms with Gasteiger partial charge in [-0.3, -0.25) is 0 Å². The largest absolute Gasteiger partial charge is 0.494 e. The van der Waals surface area contributed by atoms with Gasteiger partial charge in [-0.25, -0.2) is 4.39 Å². The summed E-state index contributed by atoms with van der Waals surface area (Å²) >= 11 is 3.80. The Kier molecular flexibility index (Phi) is 4.59. The van der Waals surface area contributed by atoms with Crippen molar-refractivity contribution in [2.75, 3.05) is 24.4 Å². The molecule has 17 heavy (non-hydrogen) atoms. The first-order chi connectivity index (χ1) is 8.22. The molecule has 0 radical (unpaired) electrons. The average Bonchev–Trinajstić information content (AvgIpc) is 2.39. The lowest BCUT2D eigenvalue weighted by molar-refractivity contribution is 0.386. The molecule has 1 aromatic rings. The first-order valence-corrected chi connectivity index (χ1v) is 7.71. The average molecular weight is 273 g/mol. The molecule has 1 fully saturated rings. The fraction of sp³-hybridized carbons (Fsp3) is 0.500. The molecule has 1 heterocycles. The van der Waals surface area contributed by atoms with Gasteiger partial charge in [-0.15, -0.1) is 0 Å². The maximum Gasteiger partial charge on any atom is 0.165 e. The Labute approximate surface area is 109 Å². The standard InChI is InChI=1S/C12H16FNOS2/c1-15-10-3-2-8(6-9(10)13)12(14)11-7-16-4-5-17-11/h2-3,6,11-12H,4-5,7,14H2,1H3. The second-order valence-electron chi connectivity index (χ2n) is 3.90. The SMILES string of the molecule is COc1ccc(C(N)C2CSCCS2)cc1F. The van der Waals surface area contributed by atoms with Gasteiger partial charge in [0.1, 0.15) is 0 Å². The molecular weight excluding hydrogens is 257 g/mol. The zero-order valence-electron chi connectivity index (χ0n) is 9.69. The van der Waals surface area contributed by atoms with Gasteiger partial charge < -0.3 is 10.5 Å². The summed E-state index contributed by atoms with van der Waals surface area (Å²) in [6.45, 7) is 0. The highest BCUT2D eigenvalue weighted by Crippen LogP contribution is 2.33. The second-order valence-corrected chi connectivity index (χ2v) is 6.40. The minimum absolute atomic E-state index is 0.104. The van der Waals surface area contributed by atoms with Crippen LogP contribution in [0, 0.1) is 5.82 Å². The summed E-state index contributed by atoms with van der Waals surface area (Å²) in [4.78, 5) is 0. The summed E-state index contributed by atoms with van der Waals surface area (Å²) in [5, 5.41) is 0.376. The molecule has 2 atom stereocenters. The van der Waals surface area contributed by atoms with Gasteiger partial charge in [-0.2, -0.15) is 23.5 Å². The highest BCUT2D eigenvalue weighted by molar-refractivity contribution is 8.06. The third kappa shape index (κ3) is 3.09. The van der Waals surface area contributed by atoms with Crippen LogP contribution in [0.1, 0.15) is 11.6 Å². The molecule has 2 rings (SSSR count). The lowest BCUT2D eigenvalue weighted by Gasteiger charge is -2.27. The molecule has 1 aliphatic heterocycles. The maximum atomic E-state index is 13.6. The Balaban J connectivity index is 2.12. The topological polar surface area (TPSA) is 35.2 Å². The third-order valence-electron chi connectivity index (χ3n) is 2.80. The van der Waals surface area contributed by atoms with Crippen molar-refractivity contribution in [2.24, 2.45) is 5.73 Å². The Bertz CT molecular complexity index is 383. The first kappa shape index (κ1) is 13.1. The molecule has 2 unspecified atom stereocenters. The van der Waals surface area contributed by atoms with E-state index >= 15 is 0 Å². The van der Waals surface area contributed by atoms with E-state index in [0.29, 0.717) is 5.25 Å². The number of thioether (sulfide) groups is 2. The van der Waals surface area contributed by atoms with Crippen molar-refractivity contribution in [3.8, 4) is 5.75 Å². The minimum atomic E-state index is -0.339. The summed E-state index contributed by atoms with van der Waals surface area (Å²) in [5.74, 6) is 3.28. The van der Waals surface area contributed by atoms with Crippen molar-refractivity contribution in [2.45, 2.75) is 11.3 Å². The summed E-state index contributed by atoms with van der Waals surface area (Å²) in [6.07, 6.45) is 0. The molecule has 5 heteroatoms. The molecule has 1 aromatic carbocycles. The Morgan fingerprint density at radius 2 is 2.29 bits per heavy atom. The van der Waals surface area contributed by atoms with Gasteiger partial charge in [0.25, 0.3) is 0 Å². The lowest BCUT2D eigenvalue weighted by atomic mass is 10.0. The summed E-state index contributed by atoms with van der Waals surface area (Å²) in [5.41, 5.74) is 7.04. The fourth-order valence-electron chi connectivity index (χ4n) is 1.82. The number of nitrogens with two attached hydrogens (primary N) is 1. The highest BCUT2D eigenvalue weighted by atomic mass is 32.2. The molecular formula is C12H16FNOS2. The van der Waals surface area contributed by atoms with Crippen molar-refractivity contribution < 1.29 is 9.13 Å². The highest BCUT2D eigenvalue weighted by Gasteiger charge is 2.23. The van der Waals surface area contributed by atoms with E-state index in [2.05, 4.69) is 0 Å². The number of halogens is 1. The van der Waals surface area contributed by atoms with E-state index in [1.807, 2.05) is 29.6 Å². The number of hydrogen-bond donors (Lipinski definition) is 1. The van der Waals surface area contributed by atoms with E-state index in [0.717, 1.165) is 17.1 Å². The van der Waals surface area contributed by atoms with Crippen LogP contribution in [0.4, 0.5) is 4.39 Å². The summed E-state index contributed by atoms with van der Waals surface area (Å²) < 4.78 is 18.5. The van der Waals surface area contributed by atoms with Crippen LogP contribution >= 0.6 is 23.5 Å². The van der Waals surface area contributed by atoms with Crippen LogP contribution in [0.3, 0.4) is 0 Å². The molecule has 1 saturated heterocycles. The van der Waals surface area contributed by atoms with Crippen LogP contribution in [0.15, 0.2) is 18.2 Å². The fourth-order valence-corrected chi connectivity index (χ4v) is 4.62. The molecule has 0 amide bonds. The monoisotopic (exact) mass is 273 g/mol. The van der Waals surface area contributed by atoms with Crippen LogP contribution in [0.25, 0.3) is 0 Å². The maximum absolute atomic E-state index is 13.6. The Morgan fingerprint density at radius 3 is 2.88 bits per heavy atom. The van der Waals surface area contributed by atoms with Gasteiger partial charge in [0.15, 0.2) is 11.6 Å². The van der Waals surface area contributed by atoms with Gasteiger partial charge in [0.2, 0.25) is 0 Å². The van der Waals surface area contributed by atoms with E-state index in [1.165, 1.54) is 18.9 Å². The van der Waals surface area contributed by atoms with Gasteiger partial charge in [-0.05, 0) is 17.7 Å². The number of rotatable bonds is 3. The molecule has 0 spiro atoms. The molecule has 0 saturated carbocycles. The van der Waals surface area contributed by atoms with E-state index in [1.54, 1.807) is 6.07 Å². The molecule has 1 aliphatic rings. The van der Waals surface area contributed by atoms with E-state index in [9.17, 15) is 4.39 Å². The van der Waals surface area contributed by atoms with Crippen LogP contribution in [0.2, 0.25) is 0 Å². The van der Waals surface area contributed by atoms with Crippen molar-refractivity contribution in [3.63, 3.8) is 0 Å². The number of ether oxygens (including phenoxy) is 1. The molecule has 2 N–H and O–H groups in total. The predicted molar refractivity (Wildman–Crippen MR) is 73.5 cm³/mol. The van der Waals surface area contributed by atoms with Crippen molar-refractivity contribution >= 4 is 23.5 Å². The molecule has 0 aromatic heterocycles. The van der Waals surface area contributed by atoms with E-state index < -0.39 is 0 Å². The number of hydrogen-bond acceptors (Lipinski definition) is 4. The lowest BCUT2D eigenvalue weighted by Crippen LogP contribution is -2.28. The van der Waals surface area contributed by atoms with Crippen LogP contribution in [-0.4, -0.2) is 29.6 Å². The minimum Gasteiger partial charge on any atom is -0.494 e.